The zero-order valence-electron chi connectivity index (χ0n) is 17.3. The topological polar surface area (TPSA) is 76.1 Å². The Bertz CT molecular complexity index is 1330. The van der Waals surface area contributed by atoms with Crippen molar-refractivity contribution in [1.29, 1.82) is 0 Å². The molecule has 0 saturated carbocycles. The number of hydrazone groups is 1. The molecule has 0 unspecified atom stereocenters. The number of hydrogen-bond donors (Lipinski definition) is 1. The number of nitrogens with zero attached hydrogens (tertiary/aromatic N) is 2. The van der Waals surface area contributed by atoms with Crippen molar-refractivity contribution in [2.24, 2.45) is 5.10 Å². The molecule has 0 fully saturated rings. The maximum Gasteiger partial charge on any atom is 0.274 e. The number of furan rings is 1. The SMILES string of the molecule is Cc1cc(C(=O)NN=Cc2c(C)c(C(=O)c3ccc(F)cc3)n3ccccc23)c(C)o1. The number of amides is 1. The first-order valence-electron chi connectivity index (χ1n) is 9.67. The second-order valence-corrected chi connectivity index (χ2v) is 7.21. The van der Waals surface area contributed by atoms with Gasteiger partial charge in [0.1, 0.15) is 17.3 Å². The summed E-state index contributed by atoms with van der Waals surface area (Å²) in [5.41, 5.74) is 5.93. The third-order valence-electron chi connectivity index (χ3n) is 5.10. The van der Waals surface area contributed by atoms with E-state index in [9.17, 15) is 14.0 Å². The fourth-order valence-corrected chi connectivity index (χ4v) is 3.61. The second kappa shape index (κ2) is 8.02. The van der Waals surface area contributed by atoms with Crippen LogP contribution >= 0.6 is 0 Å². The van der Waals surface area contributed by atoms with Gasteiger partial charge in [-0.15, -0.1) is 0 Å². The molecule has 4 aromatic rings. The van der Waals surface area contributed by atoms with Crippen LogP contribution in [0.4, 0.5) is 4.39 Å². The molecule has 3 aromatic heterocycles. The Labute approximate surface area is 178 Å². The van der Waals surface area contributed by atoms with E-state index in [4.69, 9.17) is 4.42 Å². The van der Waals surface area contributed by atoms with Crippen LogP contribution in [-0.2, 0) is 0 Å². The van der Waals surface area contributed by atoms with E-state index in [0.29, 0.717) is 39.5 Å². The molecule has 6 nitrogen and oxygen atoms in total. The van der Waals surface area contributed by atoms with E-state index >= 15 is 0 Å². The first-order chi connectivity index (χ1) is 14.9. The molecule has 0 atom stereocenters. The van der Waals surface area contributed by atoms with Crippen LogP contribution in [0.5, 0.6) is 0 Å². The van der Waals surface area contributed by atoms with Crippen molar-refractivity contribution in [3.05, 3.63) is 100 Å². The van der Waals surface area contributed by atoms with Gasteiger partial charge >= 0.3 is 0 Å². The number of halogens is 1. The van der Waals surface area contributed by atoms with Crippen molar-refractivity contribution in [1.82, 2.24) is 9.83 Å². The highest BCUT2D eigenvalue weighted by Crippen LogP contribution is 2.24. The molecule has 4 rings (SSSR count). The van der Waals surface area contributed by atoms with E-state index < -0.39 is 5.82 Å². The number of rotatable bonds is 5. The minimum atomic E-state index is -0.403. The molecule has 0 aliphatic heterocycles. The van der Waals surface area contributed by atoms with E-state index in [1.54, 1.807) is 30.5 Å². The predicted octanol–water partition coefficient (Wildman–Crippen LogP) is 4.59. The zero-order chi connectivity index (χ0) is 22.1. The minimum absolute atomic E-state index is 0.230. The molecule has 156 valence electrons. The average molecular weight is 417 g/mol. The van der Waals surface area contributed by atoms with Crippen LogP contribution in [-0.4, -0.2) is 22.3 Å². The molecule has 1 amide bonds. The Balaban J connectivity index is 1.69. The number of aryl methyl sites for hydroxylation is 2. The Hall–Kier alpha value is -4.00. The van der Waals surface area contributed by atoms with Gasteiger partial charge in [0.15, 0.2) is 0 Å². The van der Waals surface area contributed by atoms with Gasteiger partial charge < -0.3 is 8.82 Å². The smallest absolute Gasteiger partial charge is 0.274 e. The first-order valence-corrected chi connectivity index (χ1v) is 9.67. The summed E-state index contributed by atoms with van der Waals surface area (Å²) < 4.78 is 20.4. The normalized spacial score (nSPS) is 11.4. The fourth-order valence-electron chi connectivity index (χ4n) is 3.61. The van der Waals surface area contributed by atoms with E-state index in [1.807, 2.05) is 25.1 Å². The van der Waals surface area contributed by atoms with Crippen LogP contribution in [0.25, 0.3) is 5.52 Å². The molecular formula is C24H20FN3O3. The molecular weight excluding hydrogens is 397 g/mol. The van der Waals surface area contributed by atoms with E-state index in [1.165, 1.54) is 30.5 Å². The van der Waals surface area contributed by atoms with Crippen LogP contribution < -0.4 is 5.43 Å². The molecule has 0 spiro atoms. The minimum Gasteiger partial charge on any atom is -0.466 e. The highest BCUT2D eigenvalue weighted by Gasteiger charge is 2.21. The average Bonchev–Trinajstić information content (AvgIpc) is 3.23. The first kappa shape index (κ1) is 20.3. The summed E-state index contributed by atoms with van der Waals surface area (Å²) in [6.45, 7) is 5.30. The van der Waals surface area contributed by atoms with E-state index in [0.717, 1.165) is 5.52 Å². The van der Waals surface area contributed by atoms with Crippen molar-refractivity contribution in [3.8, 4) is 0 Å². The summed E-state index contributed by atoms with van der Waals surface area (Å²) in [6.07, 6.45) is 3.30. The monoisotopic (exact) mass is 417 g/mol. The molecule has 7 heteroatoms. The molecule has 0 aliphatic carbocycles. The molecule has 0 bridgehead atoms. The standard InChI is InChI=1S/C24H20FN3O3/c1-14-12-19(16(3)31-14)24(30)27-26-13-20-15(2)22(28-11-5-4-6-21(20)28)23(29)17-7-9-18(25)10-8-17/h4-13H,1-3H3,(H,27,30). The Kier molecular flexibility index (Phi) is 5.25. The maximum absolute atomic E-state index is 13.3. The third kappa shape index (κ3) is 3.77. The molecule has 1 N–H and O–H groups in total. The lowest BCUT2D eigenvalue weighted by atomic mass is 10.0. The lowest BCUT2D eigenvalue weighted by molar-refractivity contribution is 0.0952. The van der Waals surface area contributed by atoms with Gasteiger partial charge in [0.2, 0.25) is 5.78 Å². The van der Waals surface area contributed by atoms with E-state index in [2.05, 4.69) is 10.5 Å². The number of fused-ring (bicyclic) bond motifs is 1. The van der Waals surface area contributed by atoms with E-state index in [-0.39, 0.29) is 11.7 Å². The molecule has 0 aliphatic rings. The van der Waals surface area contributed by atoms with Crippen molar-refractivity contribution in [2.45, 2.75) is 20.8 Å². The zero-order valence-corrected chi connectivity index (χ0v) is 17.3. The van der Waals surface area contributed by atoms with Gasteiger partial charge in [-0.25, -0.2) is 9.82 Å². The number of ketones is 1. The Morgan fingerprint density at radius 2 is 1.84 bits per heavy atom. The Morgan fingerprint density at radius 1 is 1.10 bits per heavy atom. The molecule has 0 saturated heterocycles. The van der Waals surface area contributed by atoms with Crippen LogP contribution in [0.1, 0.15) is 49.1 Å². The number of benzene rings is 1. The number of carbonyl (C=O) groups excluding carboxylic acids is 2. The summed E-state index contributed by atoms with van der Waals surface area (Å²) in [5, 5.41) is 4.10. The predicted molar refractivity (Wildman–Crippen MR) is 115 cm³/mol. The molecule has 0 radical (unpaired) electrons. The lowest BCUT2D eigenvalue weighted by Gasteiger charge is -2.04. The molecule has 3 heterocycles. The van der Waals surface area contributed by atoms with Gasteiger partial charge in [-0.2, -0.15) is 5.10 Å². The van der Waals surface area contributed by atoms with Gasteiger partial charge in [0.25, 0.3) is 5.91 Å². The highest BCUT2D eigenvalue weighted by molar-refractivity contribution is 6.12. The molecule has 31 heavy (non-hydrogen) atoms. The van der Waals surface area contributed by atoms with Crippen LogP contribution in [0.15, 0.2) is 64.2 Å². The van der Waals surface area contributed by atoms with Gasteiger partial charge in [-0.3, -0.25) is 9.59 Å². The number of hydrogen-bond acceptors (Lipinski definition) is 4. The van der Waals surface area contributed by atoms with Crippen LogP contribution in [0.3, 0.4) is 0 Å². The summed E-state index contributed by atoms with van der Waals surface area (Å²) in [6, 6.07) is 12.6. The summed E-state index contributed by atoms with van der Waals surface area (Å²) in [5.74, 6) is 0.147. The highest BCUT2D eigenvalue weighted by atomic mass is 19.1. The fraction of sp³-hybridized carbons (Fsp3) is 0.125. The summed E-state index contributed by atoms with van der Waals surface area (Å²) in [7, 11) is 0. The van der Waals surface area contributed by atoms with Gasteiger partial charge in [-0.1, -0.05) is 6.07 Å². The number of pyridine rings is 1. The van der Waals surface area contributed by atoms with Crippen LogP contribution in [0, 0.1) is 26.6 Å². The van der Waals surface area contributed by atoms with Crippen molar-refractivity contribution in [2.75, 3.05) is 0 Å². The van der Waals surface area contributed by atoms with Crippen molar-refractivity contribution >= 4 is 23.4 Å². The lowest BCUT2D eigenvalue weighted by Crippen LogP contribution is -2.17. The second-order valence-electron chi connectivity index (χ2n) is 7.21. The summed E-state index contributed by atoms with van der Waals surface area (Å²) >= 11 is 0. The molecule has 1 aromatic carbocycles. The number of aromatic nitrogens is 1. The number of carbonyl (C=O) groups is 2. The summed E-state index contributed by atoms with van der Waals surface area (Å²) in [4.78, 5) is 25.5. The van der Waals surface area contributed by atoms with Crippen molar-refractivity contribution < 1.29 is 18.4 Å². The van der Waals surface area contributed by atoms with Gasteiger partial charge in [0.05, 0.1) is 23.0 Å². The van der Waals surface area contributed by atoms with Crippen molar-refractivity contribution in [3.63, 3.8) is 0 Å². The number of nitrogens with one attached hydrogen (secondary N) is 1. The largest absolute Gasteiger partial charge is 0.466 e. The Morgan fingerprint density at radius 3 is 2.52 bits per heavy atom. The quantitative estimate of drug-likeness (QED) is 0.293. The van der Waals surface area contributed by atoms with Crippen LogP contribution in [0.2, 0.25) is 0 Å². The van der Waals surface area contributed by atoms with Gasteiger partial charge in [0, 0.05) is 17.3 Å². The maximum atomic E-state index is 13.3. The third-order valence-corrected chi connectivity index (χ3v) is 5.10. The van der Waals surface area contributed by atoms with Gasteiger partial charge in [-0.05, 0) is 68.8 Å².